The third kappa shape index (κ3) is 9.46. The molecule has 1 fully saturated rings. The van der Waals surface area contributed by atoms with Crippen LogP contribution in [0.2, 0.25) is 0 Å². The largest absolute Gasteiger partial charge is 0.467 e. The molecule has 1 atom stereocenters. The zero-order chi connectivity index (χ0) is 17.0. The molecule has 1 aliphatic rings. The number of furan rings is 1. The first-order valence-electron chi connectivity index (χ1n) is 9.05. The number of nitrogens with zero attached hydrogens (tertiary/aromatic N) is 2. The Bertz CT molecular complexity index is 468. The van der Waals surface area contributed by atoms with Gasteiger partial charge in [0, 0.05) is 39.8 Å². The van der Waals surface area contributed by atoms with Crippen LogP contribution >= 0.6 is 24.0 Å². The second kappa shape index (κ2) is 13.4. The van der Waals surface area contributed by atoms with Crippen molar-refractivity contribution in [2.45, 2.75) is 32.8 Å². The monoisotopic (exact) mass is 464 g/mol. The van der Waals surface area contributed by atoms with Gasteiger partial charge in [0.2, 0.25) is 0 Å². The van der Waals surface area contributed by atoms with E-state index in [4.69, 9.17) is 9.15 Å². The minimum Gasteiger partial charge on any atom is -0.467 e. The third-order valence-corrected chi connectivity index (χ3v) is 4.27. The maximum Gasteiger partial charge on any atom is 0.191 e. The van der Waals surface area contributed by atoms with Gasteiger partial charge in [0.1, 0.15) is 12.4 Å². The first kappa shape index (κ1) is 22.2. The summed E-state index contributed by atoms with van der Waals surface area (Å²) in [6.45, 7) is 8.89. The van der Waals surface area contributed by atoms with Crippen molar-refractivity contribution in [1.29, 1.82) is 0 Å². The summed E-state index contributed by atoms with van der Waals surface area (Å²) in [6.07, 6.45) is 5.30. The maximum absolute atomic E-state index is 5.56. The number of aliphatic imine (C=N–C) groups is 1. The Morgan fingerprint density at radius 2 is 2.24 bits per heavy atom. The van der Waals surface area contributed by atoms with Gasteiger partial charge in [-0.1, -0.05) is 6.92 Å². The molecule has 2 N–H and O–H groups in total. The molecule has 1 aromatic rings. The van der Waals surface area contributed by atoms with E-state index >= 15 is 0 Å². The molecule has 2 heterocycles. The lowest BCUT2D eigenvalue weighted by Crippen LogP contribution is -2.44. The van der Waals surface area contributed by atoms with Crippen molar-refractivity contribution in [1.82, 2.24) is 15.5 Å². The Hall–Kier alpha value is -0.800. The number of piperidine rings is 1. The molecule has 7 heteroatoms. The van der Waals surface area contributed by atoms with Crippen LogP contribution in [0.1, 0.15) is 31.9 Å². The topological polar surface area (TPSA) is 62.0 Å². The van der Waals surface area contributed by atoms with Crippen molar-refractivity contribution in [3.63, 3.8) is 0 Å². The summed E-state index contributed by atoms with van der Waals surface area (Å²) in [6, 6.07) is 3.80. The predicted molar refractivity (Wildman–Crippen MR) is 113 cm³/mol. The summed E-state index contributed by atoms with van der Waals surface area (Å²) in [5.41, 5.74) is 0. The molecule has 1 saturated heterocycles. The van der Waals surface area contributed by atoms with Crippen LogP contribution < -0.4 is 10.6 Å². The molecule has 0 bridgehead atoms. The molecular formula is C18H33IN4O2. The molecular weight excluding hydrogens is 431 g/mol. The highest BCUT2D eigenvalue weighted by molar-refractivity contribution is 14.0. The molecule has 2 rings (SSSR count). The van der Waals surface area contributed by atoms with E-state index < -0.39 is 0 Å². The molecule has 1 aromatic heterocycles. The van der Waals surface area contributed by atoms with E-state index in [9.17, 15) is 0 Å². The van der Waals surface area contributed by atoms with Gasteiger partial charge in [-0.15, -0.1) is 24.0 Å². The number of hydrogen-bond donors (Lipinski definition) is 2. The van der Waals surface area contributed by atoms with Gasteiger partial charge < -0.3 is 24.7 Å². The molecule has 0 aromatic carbocycles. The lowest BCUT2D eigenvalue weighted by Gasteiger charge is -2.30. The van der Waals surface area contributed by atoms with Crippen LogP contribution in [0.15, 0.2) is 27.8 Å². The Kier molecular flexibility index (Phi) is 11.9. The zero-order valence-electron chi connectivity index (χ0n) is 15.5. The summed E-state index contributed by atoms with van der Waals surface area (Å²) < 4.78 is 10.8. The van der Waals surface area contributed by atoms with Gasteiger partial charge in [-0.25, -0.2) is 0 Å². The van der Waals surface area contributed by atoms with E-state index in [1.165, 1.54) is 25.9 Å². The van der Waals surface area contributed by atoms with Crippen LogP contribution in [0.3, 0.4) is 0 Å². The Labute approximate surface area is 168 Å². The van der Waals surface area contributed by atoms with Gasteiger partial charge in [-0.05, 0) is 43.9 Å². The van der Waals surface area contributed by atoms with Crippen molar-refractivity contribution < 1.29 is 9.15 Å². The molecule has 25 heavy (non-hydrogen) atoms. The standard InChI is InChI=1S/C18H32N4O2.HI/c1-16-6-3-10-22(14-16)11-9-21-18(19-2)20-8-5-12-23-15-17-7-4-13-24-17;/h4,7,13,16H,3,5-6,8-12,14-15H2,1-2H3,(H2,19,20,21);1H. The molecule has 0 saturated carbocycles. The number of hydrogen-bond acceptors (Lipinski definition) is 4. The van der Waals surface area contributed by atoms with E-state index in [1.54, 1.807) is 6.26 Å². The summed E-state index contributed by atoms with van der Waals surface area (Å²) in [5.74, 6) is 2.57. The van der Waals surface area contributed by atoms with E-state index in [-0.39, 0.29) is 24.0 Å². The van der Waals surface area contributed by atoms with Crippen molar-refractivity contribution in [2.75, 3.05) is 46.4 Å². The van der Waals surface area contributed by atoms with Gasteiger partial charge in [0.25, 0.3) is 0 Å². The summed E-state index contributed by atoms with van der Waals surface area (Å²) in [4.78, 5) is 6.80. The van der Waals surface area contributed by atoms with Crippen LogP contribution in [-0.4, -0.2) is 57.2 Å². The summed E-state index contributed by atoms with van der Waals surface area (Å²) >= 11 is 0. The van der Waals surface area contributed by atoms with E-state index in [0.29, 0.717) is 13.2 Å². The highest BCUT2D eigenvalue weighted by Gasteiger charge is 2.15. The molecule has 1 unspecified atom stereocenters. The summed E-state index contributed by atoms with van der Waals surface area (Å²) in [5, 5.41) is 6.71. The first-order valence-corrected chi connectivity index (χ1v) is 9.05. The smallest absolute Gasteiger partial charge is 0.191 e. The number of halogens is 1. The number of likely N-dealkylation sites (tertiary alicyclic amines) is 1. The van der Waals surface area contributed by atoms with Crippen molar-refractivity contribution >= 4 is 29.9 Å². The fraction of sp³-hybridized carbons (Fsp3) is 0.722. The molecule has 0 aliphatic carbocycles. The number of ether oxygens (including phenoxy) is 1. The highest BCUT2D eigenvalue weighted by atomic mass is 127. The maximum atomic E-state index is 5.56. The van der Waals surface area contributed by atoms with E-state index in [0.717, 1.165) is 43.7 Å². The second-order valence-electron chi connectivity index (χ2n) is 6.46. The molecule has 6 nitrogen and oxygen atoms in total. The van der Waals surface area contributed by atoms with Crippen molar-refractivity contribution in [2.24, 2.45) is 10.9 Å². The van der Waals surface area contributed by atoms with Crippen LogP contribution in [0, 0.1) is 5.92 Å². The Morgan fingerprint density at radius 3 is 2.96 bits per heavy atom. The lowest BCUT2D eigenvalue weighted by atomic mass is 10.0. The molecule has 0 spiro atoms. The molecule has 0 amide bonds. The number of rotatable bonds is 9. The van der Waals surface area contributed by atoms with Gasteiger partial charge in [0.15, 0.2) is 5.96 Å². The van der Waals surface area contributed by atoms with Crippen LogP contribution in [0.25, 0.3) is 0 Å². The van der Waals surface area contributed by atoms with Crippen LogP contribution in [0.5, 0.6) is 0 Å². The van der Waals surface area contributed by atoms with Crippen molar-refractivity contribution in [3.8, 4) is 0 Å². The van der Waals surface area contributed by atoms with Crippen LogP contribution in [0.4, 0.5) is 0 Å². The van der Waals surface area contributed by atoms with Gasteiger partial charge >= 0.3 is 0 Å². The van der Waals surface area contributed by atoms with Gasteiger partial charge in [-0.2, -0.15) is 0 Å². The minimum absolute atomic E-state index is 0. The Morgan fingerprint density at radius 1 is 1.40 bits per heavy atom. The lowest BCUT2D eigenvalue weighted by molar-refractivity contribution is 0.105. The van der Waals surface area contributed by atoms with E-state index in [2.05, 4.69) is 27.4 Å². The fourth-order valence-electron chi connectivity index (χ4n) is 2.99. The molecule has 1 aliphatic heterocycles. The highest BCUT2D eigenvalue weighted by Crippen LogP contribution is 2.14. The molecule has 144 valence electrons. The first-order chi connectivity index (χ1) is 11.8. The van der Waals surface area contributed by atoms with Crippen LogP contribution in [-0.2, 0) is 11.3 Å². The average molecular weight is 464 g/mol. The average Bonchev–Trinajstić information content (AvgIpc) is 3.09. The molecule has 0 radical (unpaired) electrons. The number of nitrogens with one attached hydrogen (secondary N) is 2. The second-order valence-corrected chi connectivity index (χ2v) is 6.46. The Balaban J connectivity index is 0.00000312. The van der Waals surface area contributed by atoms with E-state index in [1.807, 2.05) is 19.2 Å². The summed E-state index contributed by atoms with van der Waals surface area (Å²) in [7, 11) is 1.81. The van der Waals surface area contributed by atoms with Crippen molar-refractivity contribution in [3.05, 3.63) is 24.2 Å². The predicted octanol–water partition coefficient (Wildman–Crippen LogP) is 2.70. The van der Waals surface area contributed by atoms with Gasteiger partial charge in [-0.3, -0.25) is 4.99 Å². The quantitative estimate of drug-likeness (QED) is 0.255. The normalized spacial score (nSPS) is 18.6. The van der Waals surface area contributed by atoms with Gasteiger partial charge in [0.05, 0.1) is 6.26 Å². The number of guanidine groups is 1. The SMILES string of the molecule is CN=C(NCCCOCc1ccco1)NCCN1CCCC(C)C1.I. The fourth-order valence-corrected chi connectivity index (χ4v) is 2.99. The third-order valence-electron chi connectivity index (χ3n) is 4.27. The zero-order valence-corrected chi connectivity index (χ0v) is 17.8. The minimum atomic E-state index is 0.